The Kier molecular flexibility index (Phi) is 3.77. The number of nitrogens with one attached hydrogen (secondary N) is 2. The number of aromatic amines is 1. The summed E-state index contributed by atoms with van der Waals surface area (Å²) in [6.45, 7) is 1.74. The second-order valence-corrected chi connectivity index (χ2v) is 5.42. The molecule has 0 aliphatic carbocycles. The lowest BCUT2D eigenvalue weighted by Crippen LogP contribution is -2.14. The highest BCUT2D eigenvalue weighted by molar-refractivity contribution is 14.1. The number of H-pyrrole nitrogens is 1. The Morgan fingerprint density at radius 2 is 2.29 bits per heavy atom. The quantitative estimate of drug-likeness (QED) is 0.753. The summed E-state index contributed by atoms with van der Waals surface area (Å²) in [5.74, 6) is 0.404. The van der Waals surface area contributed by atoms with E-state index in [-0.39, 0.29) is 11.7 Å². The molecule has 0 atom stereocenters. The number of rotatable bonds is 2. The molecule has 1 amide bonds. The van der Waals surface area contributed by atoms with E-state index in [1.807, 2.05) is 18.2 Å². The zero-order valence-corrected chi connectivity index (χ0v) is 12.5. The Morgan fingerprint density at radius 3 is 2.88 bits per heavy atom. The van der Waals surface area contributed by atoms with Crippen LogP contribution in [0.3, 0.4) is 0 Å². The maximum absolute atomic E-state index is 11.8. The molecule has 0 radical (unpaired) electrons. The second kappa shape index (κ2) is 5.13. The van der Waals surface area contributed by atoms with Gasteiger partial charge in [0.1, 0.15) is 5.82 Å². The van der Waals surface area contributed by atoms with Crippen molar-refractivity contribution in [1.82, 2.24) is 15.2 Å². The molecule has 0 bridgehead atoms. The third kappa shape index (κ3) is 3.03. The molecule has 88 valence electrons. The molecule has 1 aromatic carbocycles. The van der Waals surface area contributed by atoms with Crippen LogP contribution in [0.4, 0.5) is 5.69 Å². The van der Waals surface area contributed by atoms with Gasteiger partial charge in [-0.05, 0) is 63.6 Å². The van der Waals surface area contributed by atoms with E-state index in [1.54, 1.807) is 6.92 Å². The van der Waals surface area contributed by atoms with Gasteiger partial charge in [-0.15, -0.1) is 5.10 Å². The van der Waals surface area contributed by atoms with Crippen molar-refractivity contribution in [3.05, 3.63) is 37.9 Å². The molecule has 2 N–H and O–H groups in total. The van der Waals surface area contributed by atoms with Crippen molar-refractivity contribution < 1.29 is 4.79 Å². The molecular formula is C10H8BrIN4O. The number of nitrogens with zero attached hydrogens (tertiary/aromatic N) is 2. The lowest BCUT2D eigenvalue weighted by atomic mass is 10.3. The van der Waals surface area contributed by atoms with E-state index in [0.717, 1.165) is 8.04 Å². The van der Waals surface area contributed by atoms with Crippen molar-refractivity contribution in [2.45, 2.75) is 6.92 Å². The zero-order valence-electron chi connectivity index (χ0n) is 8.79. The van der Waals surface area contributed by atoms with Gasteiger partial charge in [0.15, 0.2) is 0 Å². The lowest BCUT2D eigenvalue weighted by molar-refractivity contribution is 0.101. The molecule has 0 saturated carbocycles. The maximum atomic E-state index is 11.8. The third-order valence-electron chi connectivity index (χ3n) is 1.98. The van der Waals surface area contributed by atoms with Crippen molar-refractivity contribution in [2.75, 3.05) is 5.32 Å². The van der Waals surface area contributed by atoms with E-state index < -0.39 is 0 Å². The minimum Gasteiger partial charge on any atom is -0.318 e. The maximum Gasteiger partial charge on any atom is 0.295 e. The van der Waals surface area contributed by atoms with Gasteiger partial charge in [-0.25, -0.2) is 4.98 Å². The van der Waals surface area contributed by atoms with E-state index in [4.69, 9.17) is 0 Å². The Hall–Kier alpha value is -0.960. The van der Waals surface area contributed by atoms with Crippen molar-refractivity contribution in [3.8, 4) is 0 Å². The van der Waals surface area contributed by atoms with Crippen LogP contribution in [-0.4, -0.2) is 21.1 Å². The predicted octanol–water partition coefficient (Wildman–Crippen LogP) is 2.73. The number of halogens is 2. The Labute approximate surface area is 120 Å². The van der Waals surface area contributed by atoms with Crippen LogP contribution in [-0.2, 0) is 0 Å². The van der Waals surface area contributed by atoms with Crippen molar-refractivity contribution in [3.63, 3.8) is 0 Å². The highest BCUT2D eigenvalue weighted by atomic mass is 127. The monoisotopic (exact) mass is 406 g/mol. The molecule has 0 spiro atoms. The van der Waals surface area contributed by atoms with Gasteiger partial charge in [0, 0.05) is 8.04 Å². The van der Waals surface area contributed by atoms with E-state index >= 15 is 0 Å². The number of carbonyl (C=O) groups is 1. The fourth-order valence-corrected chi connectivity index (χ4v) is 2.61. The number of aromatic nitrogens is 3. The fourth-order valence-electron chi connectivity index (χ4n) is 1.21. The second-order valence-electron chi connectivity index (χ2n) is 3.32. The van der Waals surface area contributed by atoms with Crippen LogP contribution >= 0.6 is 38.5 Å². The van der Waals surface area contributed by atoms with E-state index in [2.05, 4.69) is 59.0 Å². The number of anilines is 1. The highest BCUT2D eigenvalue weighted by Crippen LogP contribution is 2.24. The van der Waals surface area contributed by atoms with Gasteiger partial charge in [-0.2, -0.15) is 0 Å². The number of amides is 1. The number of benzene rings is 1. The molecule has 2 aromatic rings. The molecule has 5 nitrogen and oxygen atoms in total. The molecule has 0 unspecified atom stereocenters. The summed E-state index contributed by atoms with van der Waals surface area (Å²) in [7, 11) is 0. The number of carbonyl (C=O) groups excluding carboxylic acids is 1. The van der Waals surface area contributed by atoms with E-state index in [1.165, 1.54) is 0 Å². The number of hydrogen-bond donors (Lipinski definition) is 2. The van der Waals surface area contributed by atoms with Gasteiger partial charge < -0.3 is 5.32 Å². The molecule has 1 heterocycles. The van der Waals surface area contributed by atoms with Crippen LogP contribution in [0.25, 0.3) is 0 Å². The van der Waals surface area contributed by atoms with Gasteiger partial charge in [0.05, 0.1) is 5.69 Å². The first kappa shape index (κ1) is 12.5. The Balaban J connectivity index is 2.18. The molecule has 17 heavy (non-hydrogen) atoms. The molecule has 0 aliphatic heterocycles. The molecular weight excluding hydrogens is 399 g/mol. The van der Waals surface area contributed by atoms with Crippen LogP contribution in [0.1, 0.15) is 16.4 Å². The van der Waals surface area contributed by atoms with Crippen LogP contribution < -0.4 is 5.32 Å². The minimum absolute atomic E-state index is 0.132. The van der Waals surface area contributed by atoms with Gasteiger partial charge in [0.25, 0.3) is 5.91 Å². The molecule has 1 aromatic heterocycles. The van der Waals surface area contributed by atoms with Gasteiger partial charge in [-0.3, -0.25) is 9.89 Å². The Bertz CT molecular complexity index is 569. The standard InChI is InChI=1S/C10H8BrIN4O/c1-5-13-9(16-15-5)10(17)14-8-3-2-6(12)4-7(8)11/h2-4H,1H3,(H,14,17)(H,13,15,16). The average Bonchev–Trinajstić information content (AvgIpc) is 2.69. The van der Waals surface area contributed by atoms with Crippen LogP contribution in [0.15, 0.2) is 22.7 Å². The summed E-state index contributed by atoms with van der Waals surface area (Å²) < 4.78 is 1.91. The van der Waals surface area contributed by atoms with Crippen molar-refractivity contribution in [2.24, 2.45) is 0 Å². The number of aryl methyl sites for hydroxylation is 1. The smallest absolute Gasteiger partial charge is 0.295 e. The first-order chi connectivity index (χ1) is 8.06. The fraction of sp³-hybridized carbons (Fsp3) is 0.100. The summed E-state index contributed by atoms with van der Waals surface area (Å²) in [6.07, 6.45) is 0. The zero-order chi connectivity index (χ0) is 12.4. The van der Waals surface area contributed by atoms with Crippen molar-refractivity contribution >= 4 is 50.1 Å². The average molecular weight is 407 g/mol. The number of hydrogen-bond acceptors (Lipinski definition) is 3. The largest absolute Gasteiger partial charge is 0.318 e. The minimum atomic E-state index is -0.337. The predicted molar refractivity (Wildman–Crippen MR) is 75.9 cm³/mol. The van der Waals surface area contributed by atoms with Crippen molar-refractivity contribution in [1.29, 1.82) is 0 Å². The molecule has 0 aliphatic rings. The first-order valence-corrected chi connectivity index (χ1v) is 6.59. The molecule has 2 rings (SSSR count). The van der Waals surface area contributed by atoms with E-state index in [0.29, 0.717) is 11.5 Å². The molecule has 0 saturated heterocycles. The molecule has 0 fully saturated rings. The normalized spacial score (nSPS) is 10.3. The third-order valence-corrected chi connectivity index (χ3v) is 3.31. The topological polar surface area (TPSA) is 70.7 Å². The van der Waals surface area contributed by atoms with Gasteiger partial charge in [-0.1, -0.05) is 0 Å². The van der Waals surface area contributed by atoms with Crippen LogP contribution in [0, 0.1) is 10.5 Å². The summed E-state index contributed by atoms with van der Waals surface area (Å²) >= 11 is 5.58. The summed E-state index contributed by atoms with van der Waals surface area (Å²) in [5.41, 5.74) is 0.692. The van der Waals surface area contributed by atoms with Crippen LogP contribution in [0.2, 0.25) is 0 Å². The Morgan fingerprint density at radius 1 is 1.53 bits per heavy atom. The first-order valence-electron chi connectivity index (χ1n) is 4.71. The molecule has 7 heteroatoms. The van der Waals surface area contributed by atoms with Gasteiger partial charge in [0.2, 0.25) is 5.82 Å². The SMILES string of the molecule is Cc1nc(C(=O)Nc2ccc(I)cc2Br)n[nH]1. The summed E-state index contributed by atoms with van der Waals surface area (Å²) in [4.78, 5) is 15.7. The van der Waals surface area contributed by atoms with E-state index in [9.17, 15) is 4.79 Å². The van der Waals surface area contributed by atoms with Gasteiger partial charge >= 0.3 is 0 Å². The highest BCUT2D eigenvalue weighted by Gasteiger charge is 2.12. The summed E-state index contributed by atoms with van der Waals surface area (Å²) in [6, 6.07) is 5.65. The van der Waals surface area contributed by atoms with Crippen LogP contribution in [0.5, 0.6) is 0 Å². The lowest BCUT2D eigenvalue weighted by Gasteiger charge is -2.05. The summed E-state index contributed by atoms with van der Waals surface area (Å²) in [5, 5.41) is 9.15.